The third-order valence-corrected chi connectivity index (χ3v) is 16.3. The molecule has 0 radical (unpaired) electrons. The van der Waals surface area contributed by atoms with Crippen molar-refractivity contribution in [3.63, 3.8) is 0 Å². The van der Waals surface area contributed by atoms with Gasteiger partial charge in [-0.15, -0.1) is 0 Å². The molecule has 3 fully saturated rings. The van der Waals surface area contributed by atoms with Crippen LogP contribution in [0.1, 0.15) is 81.3 Å². The minimum absolute atomic E-state index is 0.132. The van der Waals surface area contributed by atoms with Gasteiger partial charge in [0, 0.05) is 74.5 Å². The van der Waals surface area contributed by atoms with Gasteiger partial charge in [0.25, 0.3) is 5.91 Å². The van der Waals surface area contributed by atoms with E-state index < -0.39 is 26.8 Å². The molecule has 2 aromatic rings. The summed E-state index contributed by atoms with van der Waals surface area (Å²) in [6.07, 6.45) is 10.1. The van der Waals surface area contributed by atoms with Gasteiger partial charge in [0.05, 0.1) is 30.8 Å². The Balaban J connectivity index is 1.22. The molecule has 1 saturated carbocycles. The van der Waals surface area contributed by atoms with Crippen molar-refractivity contribution in [1.29, 1.82) is 0 Å². The van der Waals surface area contributed by atoms with Crippen LogP contribution in [0.2, 0.25) is 5.02 Å². The standard InChI is InChI=1S/C43H59ClN4O6S/c1-5-54-43(28-46-18-19-47-20-21-52-25-35(47)24-46)16-6-8-30(2)31(3)55(50,51)45-40(49)33-10-13-38-37(23-33)48(26-41(4)17-14-39(41)43)27-42(29-53-38)15-7-9-32-22-34(44)11-12-36(32)42/h6,10-13,16,22-23,30-31,35,39H,5,7-9,14-15,17-21,24-29H2,1-4H3,(H,45,49)/b16-6+/t30-,31+,35-,39+,41?,42-,43+/m0/s1. The first-order chi connectivity index (χ1) is 26.3. The van der Waals surface area contributed by atoms with E-state index >= 15 is 0 Å². The molecule has 1 spiro atoms. The molecule has 10 nitrogen and oxygen atoms in total. The van der Waals surface area contributed by atoms with E-state index in [0.29, 0.717) is 43.5 Å². The van der Waals surface area contributed by atoms with Gasteiger partial charge in [-0.05, 0) is 111 Å². The van der Waals surface area contributed by atoms with Crippen molar-refractivity contribution in [3.05, 3.63) is 70.3 Å². The molecule has 0 aromatic heterocycles. The number of hydrogen-bond acceptors (Lipinski definition) is 9. The molecule has 12 heteroatoms. The number of aryl methyl sites for hydroxylation is 1. The lowest BCUT2D eigenvalue weighted by atomic mass is 9.54. The van der Waals surface area contributed by atoms with Gasteiger partial charge >= 0.3 is 0 Å². The van der Waals surface area contributed by atoms with Crippen LogP contribution in [0.15, 0.2) is 48.6 Å². The Morgan fingerprint density at radius 2 is 1.93 bits per heavy atom. The fourth-order valence-electron chi connectivity index (χ4n) is 10.8. The second-order valence-electron chi connectivity index (χ2n) is 17.7. The van der Waals surface area contributed by atoms with E-state index in [9.17, 15) is 13.2 Å². The number of fused-ring (bicyclic) bond motifs is 5. The highest BCUT2D eigenvalue weighted by Crippen LogP contribution is 2.56. The van der Waals surface area contributed by atoms with Gasteiger partial charge in [0.2, 0.25) is 10.0 Å². The van der Waals surface area contributed by atoms with Crippen LogP contribution in [0.5, 0.6) is 5.75 Å². The molecule has 300 valence electrons. The number of amides is 1. The van der Waals surface area contributed by atoms with E-state index in [1.807, 2.05) is 25.1 Å². The molecule has 1 amide bonds. The summed E-state index contributed by atoms with van der Waals surface area (Å²) in [5.74, 6) is 0.0645. The summed E-state index contributed by atoms with van der Waals surface area (Å²) in [5, 5.41) is -0.0419. The van der Waals surface area contributed by atoms with Gasteiger partial charge in [-0.1, -0.05) is 43.7 Å². The van der Waals surface area contributed by atoms with Crippen molar-refractivity contribution in [3.8, 4) is 5.75 Å². The molecule has 2 aromatic carbocycles. The number of nitrogens with one attached hydrogen (secondary N) is 1. The average molecular weight is 795 g/mol. The van der Waals surface area contributed by atoms with Crippen LogP contribution in [-0.4, -0.2) is 113 Å². The van der Waals surface area contributed by atoms with Crippen LogP contribution in [0.25, 0.3) is 0 Å². The SMILES string of the molecule is CCO[C@@]1(CN2CCN3CCOC[C@@H]3C2)/C=C/C[C@H](C)[C@@H](C)S(=O)(=O)NC(=O)c2ccc3c(c2)N(CC2(C)CC[C@H]21)C[C@@]1(CCCc2cc(Cl)ccc21)CO3. The molecule has 8 rings (SSSR count). The smallest absolute Gasteiger partial charge is 0.264 e. The number of hydrogen-bond donors (Lipinski definition) is 1. The number of sulfonamides is 1. The van der Waals surface area contributed by atoms with E-state index in [-0.39, 0.29) is 22.7 Å². The number of carbonyl (C=O) groups excluding carboxylic acids is 1. The maximum atomic E-state index is 13.8. The summed E-state index contributed by atoms with van der Waals surface area (Å²) in [4.78, 5) is 21.4. The Morgan fingerprint density at radius 3 is 2.73 bits per heavy atom. The first kappa shape index (κ1) is 39.2. The number of rotatable bonds is 4. The molecular formula is C43H59ClN4O6S. The van der Waals surface area contributed by atoms with Crippen molar-refractivity contribution in [2.75, 3.05) is 77.1 Å². The number of ether oxygens (including phenoxy) is 3. The van der Waals surface area contributed by atoms with Crippen LogP contribution in [-0.2, 0) is 31.3 Å². The van der Waals surface area contributed by atoms with Crippen molar-refractivity contribution in [2.24, 2.45) is 17.3 Å². The van der Waals surface area contributed by atoms with Crippen molar-refractivity contribution < 1.29 is 27.4 Å². The van der Waals surface area contributed by atoms with Gasteiger partial charge in [0.15, 0.2) is 0 Å². The summed E-state index contributed by atoms with van der Waals surface area (Å²) in [5.41, 5.74) is 2.69. The number of carbonyl (C=O) groups is 1. The molecule has 4 aliphatic heterocycles. The minimum Gasteiger partial charge on any atom is -0.490 e. The second kappa shape index (κ2) is 15.3. The Labute approximate surface area is 332 Å². The number of allylic oxidation sites excluding steroid dienone is 1. The fraction of sp³-hybridized carbons (Fsp3) is 0.651. The summed E-state index contributed by atoms with van der Waals surface area (Å²) in [7, 11) is -3.97. The Hall–Kier alpha value is -2.67. The topological polar surface area (TPSA) is 101 Å². The number of piperazine rings is 1. The maximum absolute atomic E-state index is 13.8. The van der Waals surface area contributed by atoms with Crippen LogP contribution >= 0.6 is 11.6 Å². The highest BCUT2D eigenvalue weighted by molar-refractivity contribution is 7.90. The number of nitrogens with zero attached hydrogens (tertiary/aromatic N) is 3. The lowest BCUT2D eigenvalue weighted by Gasteiger charge is -2.58. The zero-order valence-corrected chi connectivity index (χ0v) is 34.6. The van der Waals surface area contributed by atoms with Gasteiger partial charge in [-0.3, -0.25) is 14.6 Å². The van der Waals surface area contributed by atoms with Gasteiger partial charge < -0.3 is 19.1 Å². The fourth-order valence-corrected chi connectivity index (χ4v) is 12.3. The predicted molar refractivity (Wildman–Crippen MR) is 217 cm³/mol. The molecule has 4 heterocycles. The van der Waals surface area contributed by atoms with Crippen LogP contribution in [0, 0.1) is 17.3 Å². The third-order valence-electron chi connectivity index (χ3n) is 14.1. The molecular weight excluding hydrogens is 736 g/mol. The molecule has 55 heavy (non-hydrogen) atoms. The first-order valence-corrected chi connectivity index (χ1v) is 22.5. The number of anilines is 1. The number of benzene rings is 2. The van der Waals surface area contributed by atoms with E-state index in [0.717, 1.165) is 95.3 Å². The highest BCUT2D eigenvalue weighted by Gasteiger charge is 2.56. The van der Waals surface area contributed by atoms with Crippen LogP contribution in [0.4, 0.5) is 5.69 Å². The van der Waals surface area contributed by atoms with Crippen molar-refractivity contribution >= 4 is 33.2 Å². The molecule has 6 aliphatic rings. The highest BCUT2D eigenvalue weighted by atomic mass is 35.5. The van der Waals surface area contributed by atoms with E-state index in [2.05, 4.69) is 57.6 Å². The zero-order valence-electron chi connectivity index (χ0n) is 33.0. The van der Waals surface area contributed by atoms with Crippen LogP contribution < -0.4 is 14.4 Å². The Kier molecular flexibility index (Phi) is 10.9. The van der Waals surface area contributed by atoms with Gasteiger partial charge in [-0.25, -0.2) is 13.1 Å². The monoisotopic (exact) mass is 794 g/mol. The van der Waals surface area contributed by atoms with Gasteiger partial charge in [-0.2, -0.15) is 0 Å². The quantitative estimate of drug-likeness (QED) is 0.370. The minimum atomic E-state index is -3.97. The van der Waals surface area contributed by atoms with Crippen molar-refractivity contribution in [1.82, 2.24) is 14.5 Å². The predicted octanol–water partition coefficient (Wildman–Crippen LogP) is 6.07. The van der Waals surface area contributed by atoms with E-state index in [1.54, 1.807) is 13.0 Å². The summed E-state index contributed by atoms with van der Waals surface area (Å²) >= 11 is 6.54. The molecule has 1 unspecified atom stereocenters. The normalized spacial score (nSPS) is 35.9. The summed E-state index contributed by atoms with van der Waals surface area (Å²) in [6.45, 7) is 16.9. The Morgan fingerprint density at radius 1 is 1.07 bits per heavy atom. The van der Waals surface area contributed by atoms with Crippen molar-refractivity contribution in [2.45, 2.75) is 88.5 Å². The maximum Gasteiger partial charge on any atom is 0.264 e. The zero-order chi connectivity index (χ0) is 38.6. The molecule has 2 aliphatic carbocycles. The number of morpholine rings is 1. The van der Waals surface area contributed by atoms with Gasteiger partial charge in [0.1, 0.15) is 11.4 Å². The molecule has 2 saturated heterocycles. The Bertz CT molecular complexity index is 1910. The summed E-state index contributed by atoms with van der Waals surface area (Å²) in [6, 6.07) is 12.1. The van der Waals surface area contributed by atoms with E-state index in [4.69, 9.17) is 25.8 Å². The summed E-state index contributed by atoms with van der Waals surface area (Å²) < 4.78 is 49.6. The second-order valence-corrected chi connectivity index (χ2v) is 20.2. The average Bonchev–Trinajstić information content (AvgIpc) is 3.30. The molecule has 7 atom stereocenters. The third kappa shape index (κ3) is 7.47. The largest absolute Gasteiger partial charge is 0.490 e. The van der Waals surface area contributed by atoms with Crippen LogP contribution in [0.3, 0.4) is 0 Å². The van der Waals surface area contributed by atoms with E-state index in [1.165, 1.54) is 11.1 Å². The lowest BCUT2D eigenvalue weighted by Crippen LogP contribution is -2.64. The first-order valence-electron chi connectivity index (χ1n) is 20.6. The molecule has 1 N–H and O–H groups in total. The lowest BCUT2D eigenvalue weighted by molar-refractivity contribution is -0.148. The molecule has 2 bridgehead atoms. The number of halogens is 1.